The van der Waals surface area contributed by atoms with Gasteiger partial charge >= 0.3 is 0 Å². The molecule has 0 N–H and O–H groups in total. The van der Waals surface area contributed by atoms with E-state index in [9.17, 15) is 4.79 Å². The zero-order chi connectivity index (χ0) is 16.9. The van der Waals surface area contributed by atoms with E-state index in [1.807, 2.05) is 11.0 Å². The zero-order valence-electron chi connectivity index (χ0n) is 14.6. The van der Waals surface area contributed by atoms with Crippen LogP contribution in [0.4, 0.5) is 5.82 Å². The minimum absolute atomic E-state index is 0.138. The molecular formula is C17H27N5O2. The summed E-state index contributed by atoms with van der Waals surface area (Å²) in [4.78, 5) is 26.5. The molecule has 1 unspecified atom stereocenters. The first kappa shape index (κ1) is 17.1. The average Bonchev–Trinajstić information content (AvgIpc) is 2.63. The lowest BCUT2D eigenvalue weighted by molar-refractivity contribution is -0.137. The quantitative estimate of drug-likeness (QED) is 0.805. The van der Waals surface area contributed by atoms with E-state index in [0.717, 1.165) is 51.4 Å². The van der Waals surface area contributed by atoms with Crippen LogP contribution in [-0.2, 0) is 9.53 Å². The highest BCUT2D eigenvalue weighted by atomic mass is 16.5. The second-order valence-corrected chi connectivity index (χ2v) is 6.67. The number of aromatic nitrogens is 2. The van der Waals surface area contributed by atoms with Crippen molar-refractivity contribution in [2.75, 3.05) is 51.3 Å². The van der Waals surface area contributed by atoms with E-state index < -0.39 is 0 Å². The van der Waals surface area contributed by atoms with Gasteiger partial charge in [-0.2, -0.15) is 0 Å². The molecule has 0 radical (unpaired) electrons. The van der Waals surface area contributed by atoms with E-state index >= 15 is 0 Å². The highest BCUT2D eigenvalue weighted by molar-refractivity contribution is 5.73. The first-order chi connectivity index (χ1) is 11.6. The van der Waals surface area contributed by atoms with E-state index in [2.05, 4.69) is 26.8 Å². The van der Waals surface area contributed by atoms with Gasteiger partial charge in [-0.1, -0.05) is 0 Å². The summed E-state index contributed by atoms with van der Waals surface area (Å²) < 4.78 is 5.84. The Bertz CT molecular complexity index is 533. The van der Waals surface area contributed by atoms with Crippen molar-refractivity contribution in [1.29, 1.82) is 0 Å². The van der Waals surface area contributed by atoms with Gasteiger partial charge in [-0.25, -0.2) is 9.97 Å². The van der Waals surface area contributed by atoms with E-state index in [0.29, 0.717) is 12.6 Å². The molecule has 2 saturated heterocycles. The first-order valence-electron chi connectivity index (χ1n) is 8.72. The monoisotopic (exact) mass is 333 g/mol. The molecule has 2 fully saturated rings. The van der Waals surface area contributed by atoms with Crippen molar-refractivity contribution >= 4 is 11.7 Å². The van der Waals surface area contributed by atoms with Crippen molar-refractivity contribution in [3.63, 3.8) is 0 Å². The zero-order valence-corrected chi connectivity index (χ0v) is 14.6. The molecule has 132 valence electrons. The van der Waals surface area contributed by atoms with Crippen LogP contribution in [0.15, 0.2) is 18.6 Å². The van der Waals surface area contributed by atoms with Gasteiger partial charge in [0.25, 0.3) is 0 Å². The summed E-state index contributed by atoms with van der Waals surface area (Å²) in [6.07, 6.45) is 5.75. The first-order valence-corrected chi connectivity index (χ1v) is 8.72. The van der Waals surface area contributed by atoms with Gasteiger partial charge in [-0.05, 0) is 18.9 Å². The molecular weight excluding hydrogens is 306 g/mol. The molecule has 0 spiro atoms. The minimum Gasteiger partial charge on any atom is -0.373 e. The summed E-state index contributed by atoms with van der Waals surface area (Å²) in [6, 6.07) is 2.47. The average molecular weight is 333 g/mol. The lowest BCUT2D eigenvalue weighted by Crippen LogP contribution is -2.51. The van der Waals surface area contributed by atoms with Crippen LogP contribution in [0.2, 0.25) is 0 Å². The van der Waals surface area contributed by atoms with E-state index in [1.165, 1.54) is 0 Å². The maximum atomic E-state index is 11.5. The van der Waals surface area contributed by atoms with Crippen molar-refractivity contribution in [3.05, 3.63) is 18.6 Å². The third kappa shape index (κ3) is 4.21. The summed E-state index contributed by atoms with van der Waals surface area (Å²) in [7, 11) is 2.11. The Morgan fingerprint density at radius 2 is 2.17 bits per heavy atom. The Balaban J connectivity index is 1.46. The molecule has 1 aromatic rings. The van der Waals surface area contributed by atoms with Gasteiger partial charge in [-0.15, -0.1) is 0 Å². The molecule has 1 atom stereocenters. The molecule has 3 heterocycles. The number of hydrogen-bond donors (Lipinski definition) is 0. The number of likely N-dealkylation sites (tertiary alicyclic amines) is 1. The number of carbonyl (C=O) groups is 1. The second kappa shape index (κ2) is 7.90. The smallest absolute Gasteiger partial charge is 0.219 e. The standard InChI is InChI=1S/C17H27N5O2/c1-14(23)22-9-10-24-16(12-22)11-21-7-4-15(5-8-21)20(2)17-3-6-18-13-19-17/h3,6,13,15-16H,4-5,7-12H2,1-2H3. The largest absolute Gasteiger partial charge is 0.373 e. The molecule has 3 rings (SSSR count). The van der Waals surface area contributed by atoms with Gasteiger partial charge in [-0.3, -0.25) is 4.79 Å². The number of ether oxygens (including phenoxy) is 1. The van der Waals surface area contributed by atoms with Crippen molar-refractivity contribution in [2.45, 2.75) is 31.9 Å². The third-order valence-electron chi connectivity index (χ3n) is 5.08. The van der Waals surface area contributed by atoms with Gasteiger partial charge < -0.3 is 19.4 Å². The second-order valence-electron chi connectivity index (χ2n) is 6.67. The van der Waals surface area contributed by atoms with Gasteiger partial charge in [0.05, 0.1) is 12.7 Å². The van der Waals surface area contributed by atoms with Crippen LogP contribution in [0, 0.1) is 0 Å². The van der Waals surface area contributed by atoms with E-state index in [-0.39, 0.29) is 12.0 Å². The summed E-state index contributed by atoms with van der Waals surface area (Å²) in [5.41, 5.74) is 0. The molecule has 0 aromatic carbocycles. The SMILES string of the molecule is CC(=O)N1CCOC(CN2CCC(N(C)c3ccncn3)CC2)C1. The Morgan fingerprint density at radius 1 is 1.38 bits per heavy atom. The summed E-state index contributed by atoms with van der Waals surface area (Å²) in [5.74, 6) is 1.13. The van der Waals surface area contributed by atoms with Crippen LogP contribution in [-0.4, -0.2) is 84.2 Å². The molecule has 2 aliphatic heterocycles. The highest BCUT2D eigenvalue weighted by Crippen LogP contribution is 2.20. The molecule has 0 saturated carbocycles. The summed E-state index contributed by atoms with van der Waals surface area (Å²) >= 11 is 0. The third-order valence-corrected chi connectivity index (χ3v) is 5.08. The summed E-state index contributed by atoms with van der Waals surface area (Å²) in [5, 5.41) is 0. The normalized spacial score (nSPS) is 23.2. The molecule has 7 nitrogen and oxygen atoms in total. The van der Waals surface area contributed by atoms with Gasteiger partial charge in [0.15, 0.2) is 0 Å². The fourth-order valence-electron chi connectivity index (χ4n) is 3.57. The highest BCUT2D eigenvalue weighted by Gasteiger charge is 2.28. The van der Waals surface area contributed by atoms with E-state index in [1.54, 1.807) is 19.4 Å². The number of morpholine rings is 1. The molecule has 0 aliphatic carbocycles. The Hall–Kier alpha value is -1.73. The lowest BCUT2D eigenvalue weighted by atomic mass is 10.0. The van der Waals surface area contributed by atoms with E-state index in [4.69, 9.17) is 4.74 Å². The maximum absolute atomic E-state index is 11.5. The Morgan fingerprint density at radius 3 is 2.83 bits per heavy atom. The van der Waals surface area contributed by atoms with Gasteiger partial charge in [0.2, 0.25) is 5.91 Å². The summed E-state index contributed by atoms with van der Waals surface area (Å²) in [6.45, 7) is 6.75. The Kier molecular flexibility index (Phi) is 5.63. The molecule has 7 heteroatoms. The fraction of sp³-hybridized carbons (Fsp3) is 0.706. The number of anilines is 1. The van der Waals surface area contributed by atoms with Crippen LogP contribution in [0.5, 0.6) is 0 Å². The molecule has 2 aliphatic rings. The fourth-order valence-corrected chi connectivity index (χ4v) is 3.57. The van der Waals surface area contributed by atoms with Crippen LogP contribution in [0.1, 0.15) is 19.8 Å². The lowest BCUT2D eigenvalue weighted by Gasteiger charge is -2.40. The van der Waals surface area contributed by atoms with Crippen molar-refractivity contribution in [3.8, 4) is 0 Å². The molecule has 1 amide bonds. The van der Waals surface area contributed by atoms with Crippen LogP contribution in [0.25, 0.3) is 0 Å². The van der Waals surface area contributed by atoms with Crippen LogP contribution < -0.4 is 4.90 Å². The predicted octanol–water partition coefficient (Wildman–Crippen LogP) is 0.625. The van der Waals surface area contributed by atoms with Gasteiger partial charge in [0.1, 0.15) is 12.1 Å². The number of carbonyl (C=O) groups excluding carboxylic acids is 1. The minimum atomic E-state index is 0.138. The Labute approximate surface area is 143 Å². The predicted molar refractivity (Wildman–Crippen MR) is 91.9 cm³/mol. The number of hydrogen-bond acceptors (Lipinski definition) is 6. The molecule has 24 heavy (non-hydrogen) atoms. The molecule has 1 aromatic heterocycles. The van der Waals surface area contributed by atoms with Crippen LogP contribution >= 0.6 is 0 Å². The van der Waals surface area contributed by atoms with Crippen molar-refractivity contribution in [1.82, 2.24) is 19.8 Å². The maximum Gasteiger partial charge on any atom is 0.219 e. The van der Waals surface area contributed by atoms with Gasteiger partial charge in [0, 0.05) is 58.9 Å². The number of piperidine rings is 1. The topological polar surface area (TPSA) is 61.8 Å². The van der Waals surface area contributed by atoms with Crippen LogP contribution in [0.3, 0.4) is 0 Å². The molecule has 0 bridgehead atoms. The number of rotatable bonds is 4. The van der Waals surface area contributed by atoms with Crippen molar-refractivity contribution < 1.29 is 9.53 Å². The number of amides is 1. The number of nitrogens with zero attached hydrogens (tertiary/aromatic N) is 5. The van der Waals surface area contributed by atoms with Crippen molar-refractivity contribution in [2.24, 2.45) is 0 Å².